The highest BCUT2D eigenvalue weighted by molar-refractivity contribution is 5.68. The molecule has 0 saturated heterocycles. The number of hydrogen-bond acceptors (Lipinski definition) is 3. The summed E-state index contributed by atoms with van der Waals surface area (Å²) in [6.45, 7) is 6.11. The van der Waals surface area contributed by atoms with Crippen molar-refractivity contribution in [2.75, 3.05) is 6.67 Å². The van der Waals surface area contributed by atoms with Crippen molar-refractivity contribution >= 4 is 6.09 Å². The number of carbonyl (C=O) groups is 1. The molecule has 0 aromatic heterocycles. The molecule has 0 radical (unpaired) electrons. The topological polar surface area (TPSA) is 55.6 Å². The Hall–Kier alpha value is -1.55. The van der Waals surface area contributed by atoms with Crippen LogP contribution in [0.5, 0.6) is 0 Å². The first kappa shape index (κ1) is 13.5. The van der Waals surface area contributed by atoms with Gasteiger partial charge in [0.15, 0.2) is 0 Å². The normalized spacial score (nSPS) is 11.1. The molecule has 0 fully saturated rings. The molecule has 0 bridgehead atoms. The van der Waals surface area contributed by atoms with Gasteiger partial charge in [-0.3, -0.25) is 4.90 Å². The number of hydrogen-bond donors (Lipinski definition) is 1. The van der Waals surface area contributed by atoms with E-state index in [0.29, 0.717) is 6.54 Å². The third-order valence-corrected chi connectivity index (χ3v) is 2.09. The lowest BCUT2D eigenvalue weighted by atomic mass is 10.2. The molecule has 1 rings (SSSR count). The van der Waals surface area contributed by atoms with Crippen molar-refractivity contribution in [3.8, 4) is 0 Å². The van der Waals surface area contributed by atoms with E-state index in [9.17, 15) is 4.79 Å². The number of benzene rings is 1. The number of amides is 1. The quantitative estimate of drug-likeness (QED) is 0.819. The fourth-order valence-corrected chi connectivity index (χ4v) is 1.33. The molecule has 2 N–H and O–H groups in total. The maximum Gasteiger partial charge on any atom is 0.411 e. The van der Waals surface area contributed by atoms with Crippen LogP contribution < -0.4 is 5.73 Å². The Morgan fingerprint density at radius 1 is 1.29 bits per heavy atom. The zero-order valence-corrected chi connectivity index (χ0v) is 10.6. The van der Waals surface area contributed by atoms with Crippen LogP contribution in [0.3, 0.4) is 0 Å². The molecular weight excluding hydrogens is 216 g/mol. The van der Waals surface area contributed by atoms with E-state index in [1.165, 1.54) is 4.90 Å². The lowest BCUT2D eigenvalue weighted by Crippen LogP contribution is -2.39. The van der Waals surface area contributed by atoms with Gasteiger partial charge in [0.2, 0.25) is 0 Å². The van der Waals surface area contributed by atoms with Crippen molar-refractivity contribution in [1.82, 2.24) is 4.90 Å². The Kier molecular flexibility index (Phi) is 4.52. The zero-order chi connectivity index (χ0) is 12.9. The first-order valence-corrected chi connectivity index (χ1v) is 5.64. The molecule has 1 amide bonds. The average Bonchev–Trinajstić information content (AvgIpc) is 2.24. The summed E-state index contributed by atoms with van der Waals surface area (Å²) in [5.41, 5.74) is 6.10. The van der Waals surface area contributed by atoms with Crippen LogP contribution >= 0.6 is 0 Å². The van der Waals surface area contributed by atoms with E-state index in [-0.39, 0.29) is 12.8 Å². The van der Waals surface area contributed by atoms with Crippen LogP contribution in [-0.2, 0) is 11.3 Å². The van der Waals surface area contributed by atoms with Gasteiger partial charge in [0.1, 0.15) is 5.60 Å². The standard InChI is InChI=1S/C13H20N2O2/c1-13(2,3)17-12(16)15(10-14)9-11-7-5-4-6-8-11/h4-8H,9-10,14H2,1-3H3. The largest absolute Gasteiger partial charge is 0.444 e. The molecule has 0 atom stereocenters. The third kappa shape index (κ3) is 4.87. The molecule has 1 aromatic rings. The van der Waals surface area contributed by atoms with Gasteiger partial charge >= 0.3 is 6.09 Å². The van der Waals surface area contributed by atoms with Gasteiger partial charge in [0.25, 0.3) is 0 Å². The Balaban J connectivity index is 2.63. The van der Waals surface area contributed by atoms with E-state index in [1.807, 2.05) is 51.1 Å². The lowest BCUT2D eigenvalue weighted by Gasteiger charge is -2.26. The van der Waals surface area contributed by atoms with Crippen molar-refractivity contribution in [3.63, 3.8) is 0 Å². The Bertz CT molecular complexity index is 357. The molecule has 0 spiro atoms. The van der Waals surface area contributed by atoms with Gasteiger partial charge in [-0.05, 0) is 26.3 Å². The summed E-state index contributed by atoms with van der Waals surface area (Å²) in [6, 6.07) is 9.70. The Labute approximate surface area is 102 Å². The van der Waals surface area contributed by atoms with Gasteiger partial charge in [-0.15, -0.1) is 0 Å². The fourth-order valence-electron chi connectivity index (χ4n) is 1.33. The predicted octanol–water partition coefficient (Wildman–Crippen LogP) is 2.34. The van der Waals surface area contributed by atoms with Crippen LogP contribution in [0.15, 0.2) is 30.3 Å². The van der Waals surface area contributed by atoms with Gasteiger partial charge < -0.3 is 10.5 Å². The summed E-state index contributed by atoms with van der Waals surface area (Å²) in [6.07, 6.45) is -0.385. The van der Waals surface area contributed by atoms with Gasteiger partial charge in [-0.1, -0.05) is 30.3 Å². The number of rotatable bonds is 3. The van der Waals surface area contributed by atoms with Gasteiger partial charge in [0, 0.05) is 0 Å². The van der Waals surface area contributed by atoms with Gasteiger partial charge in [-0.2, -0.15) is 0 Å². The number of ether oxygens (including phenoxy) is 1. The molecule has 0 unspecified atom stereocenters. The van der Waals surface area contributed by atoms with E-state index < -0.39 is 5.60 Å². The summed E-state index contributed by atoms with van der Waals surface area (Å²) >= 11 is 0. The maximum absolute atomic E-state index is 11.8. The molecule has 17 heavy (non-hydrogen) atoms. The first-order chi connectivity index (χ1) is 7.92. The van der Waals surface area contributed by atoms with E-state index >= 15 is 0 Å². The van der Waals surface area contributed by atoms with Crippen LogP contribution in [0, 0.1) is 0 Å². The molecular formula is C13H20N2O2. The minimum Gasteiger partial charge on any atom is -0.444 e. The van der Waals surface area contributed by atoms with Crippen molar-refractivity contribution in [3.05, 3.63) is 35.9 Å². The van der Waals surface area contributed by atoms with E-state index in [2.05, 4.69) is 0 Å². The predicted molar refractivity (Wildman–Crippen MR) is 67.3 cm³/mol. The highest BCUT2D eigenvalue weighted by Crippen LogP contribution is 2.11. The monoisotopic (exact) mass is 236 g/mol. The number of carbonyl (C=O) groups excluding carboxylic acids is 1. The van der Waals surface area contributed by atoms with Crippen molar-refractivity contribution in [2.24, 2.45) is 5.73 Å². The molecule has 0 heterocycles. The Morgan fingerprint density at radius 2 is 1.88 bits per heavy atom. The van der Waals surface area contributed by atoms with Crippen molar-refractivity contribution in [1.29, 1.82) is 0 Å². The SMILES string of the molecule is CC(C)(C)OC(=O)N(CN)Cc1ccccc1. The van der Waals surface area contributed by atoms with E-state index in [4.69, 9.17) is 10.5 Å². The summed E-state index contributed by atoms with van der Waals surface area (Å²) < 4.78 is 5.27. The second kappa shape index (κ2) is 5.68. The Morgan fingerprint density at radius 3 is 2.35 bits per heavy atom. The summed E-state index contributed by atoms with van der Waals surface area (Å²) in [5, 5.41) is 0. The van der Waals surface area contributed by atoms with Crippen molar-refractivity contribution < 1.29 is 9.53 Å². The summed E-state index contributed by atoms with van der Waals surface area (Å²) in [4.78, 5) is 13.3. The van der Waals surface area contributed by atoms with Crippen LogP contribution in [-0.4, -0.2) is 23.3 Å². The van der Waals surface area contributed by atoms with Crippen LogP contribution in [0.2, 0.25) is 0 Å². The molecule has 0 saturated carbocycles. The summed E-state index contributed by atoms with van der Waals surface area (Å²) in [5.74, 6) is 0. The molecule has 4 heteroatoms. The van der Waals surface area contributed by atoms with E-state index in [0.717, 1.165) is 5.56 Å². The minimum absolute atomic E-state index is 0.143. The van der Waals surface area contributed by atoms with Crippen molar-refractivity contribution in [2.45, 2.75) is 32.9 Å². The molecule has 0 aliphatic heterocycles. The van der Waals surface area contributed by atoms with Gasteiger partial charge in [-0.25, -0.2) is 4.79 Å². The molecule has 4 nitrogen and oxygen atoms in total. The molecule has 0 aliphatic rings. The van der Waals surface area contributed by atoms with Crippen LogP contribution in [0.25, 0.3) is 0 Å². The zero-order valence-electron chi connectivity index (χ0n) is 10.6. The summed E-state index contributed by atoms with van der Waals surface area (Å²) in [7, 11) is 0. The fraction of sp³-hybridized carbons (Fsp3) is 0.462. The second-order valence-electron chi connectivity index (χ2n) is 4.85. The van der Waals surface area contributed by atoms with Gasteiger partial charge in [0.05, 0.1) is 13.2 Å². The third-order valence-electron chi connectivity index (χ3n) is 2.09. The second-order valence-corrected chi connectivity index (χ2v) is 4.85. The molecule has 0 aliphatic carbocycles. The first-order valence-electron chi connectivity index (χ1n) is 5.64. The van der Waals surface area contributed by atoms with Crippen LogP contribution in [0.1, 0.15) is 26.3 Å². The number of nitrogens with two attached hydrogens (primary N) is 1. The minimum atomic E-state index is -0.499. The number of nitrogens with zero attached hydrogens (tertiary/aromatic N) is 1. The smallest absolute Gasteiger partial charge is 0.411 e. The highest BCUT2D eigenvalue weighted by atomic mass is 16.6. The van der Waals surface area contributed by atoms with Crippen LogP contribution in [0.4, 0.5) is 4.79 Å². The molecule has 94 valence electrons. The highest BCUT2D eigenvalue weighted by Gasteiger charge is 2.21. The van der Waals surface area contributed by atoms with E-state index in [1.54, 1.807) is 0 Å². The maximum atomic E-state index is 11.8. The average molecular weight is 236 g/mol. The molecule has 1 aromatic carbocycles. The lowest BCUT2D eigenvalue weighted by molar-refractivity contribution is 0.0239.